The molecule has 0 N–H and O–H groups in total. The van der Waals surface area contributed by atoms with E-state index in [0.717, 1.165) is 24.9 Å². The van der Waals surface area contributed by atoms with Gasteiger partial charge in [-0.05, 0) is 43.9 Å². The SMILES string of the molecule is Cc1cnn([C@H]2CCCN(C(=O)Cc3c(C)noc3Cl)C2)c1. The summed E-state index contributed by atoms with van der Waals surface area (Å²) in [5, 5.41) is 8.37. The topological polar surface area (TPSA) is 64.2 Å². The largest absolute Gasteiger partial charge is 0.344 e. The number of piperidine rings is 1. The van der Waals surface area contributed by atoms with Gasteiger partial charge in [0.25, 0.3) is 0 Å². The molecule has 1 aliphatic rings. The van der Waals surface area contributed by atoms with Gasteiger partial charge in [-0.1, -0.05) is 5.16 Å². The zero-order chi connectivity index (χ0) is 15.7. The molecule has 0 saturated carbocycles. The minimum atomic E-state index is 0.0572. The van der Waals surface area contributed by atoms with Crippen LogP contribution in [0.5, 0.6) is 0 Å². The quantitative estimate of drug-likeness (QED) is 0.871. The van der Waals surface area contributed by atoms with Crippen molar-refractivity contribution in [2.75, 3.05) is 13.1 Å². The van der Waals surface area contributed by atoms with Gasteiger partial charge in [-0.15, -0.1) is 0 Å². The van der Waals surface area contributed by atoms with Crippen molar-refractivity contribution in [3.63, 3.8) is 0 Å². The Hall–Kier alpha value is -1.82. The maximum absolute atomic E-state index is 12.5. The third kappa shape index (κ3) is 3.02. The lowest BCUT2D eigenvalue weighted by Gasteiger charge is -2.33. The summed E-state index contributed by atoms with van der Waals surface area (Å²) in [5.74, 6) is 0.0572. The Kier molecular flexibility index (Phi) is 4.20. The third-order valence-corrected chi connectivity index (χ3v) is 4.42. The molecule has 0 unspecified atom stereocenters. The Morgan fingerprint density at radius 1 is 1.50 bits per heavy atom. The number of carbonyl (C=O) groups excluding carboxylic acids is 1. The van der Waals surface area contributed by atoms with Crippen LogP contribution in [0.15, 0.2) is 16.9 Å². The average molecular weight is 323 g/mol. The van der Waals surface area contributed by atoms with E-state index < -0.39 is 0 Å². The first-order valence-electron chi connectivity index (χ1n) is 7.44. The predicted octanol–water partition coefficient (Wildman–Crippen LogP) is 2.55. The molecule has 1 atom stereocenters. The van der Waals surface area contributed by atoms with Crippen LogP contribution in [-0.4, -0.2) is 38.8 Å². The predicted molar refractivity (Wildman–Crippen MR) is 81.8 cm³/mol. The molecule has 1 fully saturated rings. The molecule has 7 heteroatoms. The normalized spacial score (nSPS) is 18.7. The van der Waals surface area contributed by atoms with E-state index in [1.807, 2.05) is 28.9 Å². The molecule has 1 aliphatic heterocycles. The van der Waals surface area contributed by atoms with Crippen molar-refractivity contribution in [3.8, 4) is 0 Å². The van der Waals surface area contributed by atoms with E-state index in [9.17, 15) is 4.79 Å². The van der Waals surface area contributed by atoms with E-state index in [1.54, 1.807) is 6.92 Å². The van der Waals surface area contributed by atoms with Gasteiger partial charge in [0.05, 0.1) is 24.4 Å². The lowest BCUT2D eigenvalue weighted by atomic mass is 10.0. The van der Waals surface area contributed by atoms with Crippen LogP contribution in [0.1, 0.15) is 35.7 Å². The van der Waals surface area contributed by atoms with Gasteiger partial charge in [0.15, 0.2) is 0 Å². The monoisotopic (exact) mass is 322 g/mol. The summed E-state index contributed by atoms with van der Waals surface area (Å²) >= 11 is 5.94. The van der Waals surface area contributed by atoms with Crippen molar-refractivity contribution in [3.05, 3.63) is 34.4 Å². The molecule has 118 valence electrons. The summed E-state index contributed by atoms with van der Waals surface area (Å²) in [4.78, 5) is 14.4. The zero-order valence-corrected chi connectivity index (χ0v) is 13.5. The third-order valence-electron chi connectivity index (χ3n) is 4.12. The van der Waals surface area contributed by atoms with Crippen LogP contribution in [0, 0.1) is 13.8 Å². The van der Waals surface area contributed by atoms with E-state index in [1.165, 1.54) is 0 Å². The minimum absolute atomic E-state index is 0.0572. The highest BCUT2D eigenvalue weighted by Gasteiger charge is 2.26. The lowest BCUT2D eigenvalue weighted by molar-refractivity contribution is -0.132. The number of aromatic nitrogens is 3. The van der Waals surface area contributed by atoms with Crippen molar-refractivity contribution in [1.29, 1.82) is 0 Å². The highest BCUT2D eigenvalue weighted by atomic mass is 35.5. The lowest BCUT2D eigenvalue weighted by Crippen LogP contribution is -2.41. The fourth-order valence-electron chi connectivity index (χ4n) is 2.85. The Bertz CT molecular complexity index is 659. The van der Waals surface area contributed by atoms with Crippen molar-refractivity contribution >= 4 is 17.5 Å². The summed E-state index contributed by atoms with van der Waals surface area (Å²) < 4.78 is 6.87. The number of hydrogen-bond acceptors (Lipinski definition) is 4. The standard InChI is InChI=1S/C15H19ClN4O2/c1-10-7-17-20(8-10)12-4-3-5-19(9-12)14(21)6-13-11(2)18-22-15(13)16/h7-8,12H,3-6,9H2,1-2H3/t12-/m0/s1. The fraction of sp³-hybridized carbons (Fsp3) is 0.533. The molecule has 22 heavy (non-hydrogen) atoms. The zero-order valence-electron chi connectivity index (χ0n) is 12.8. The highest BCUT2D eigenvalue weighted by molar-refractivity contribution is 6.29. The maximum Gasteiger partial charge on any atom is 0.229 e. The minimum Gasteiger partial charge on any atom is -0.344 e. The van der Waals surface area contributed by atoms with Gasteiger partial charge >= 0.3 is 0 Å². The number of hydrogen-bond donors (Lipinski definition) is 0. The van der Waals surface area contributed by atoms with E-state index in [4.69, 9.17) is 16.1 Å². The van der Waals surface area contributed by atoms with Crippen LogP contribution in [0.4, 0.5) is 0 Å². The van der Waals surface area contributed by atoms with Crippen LogP contribution < -0.4 is 0 Å². The van der Waals surface area contributed by atoms with Crippen LogP contribution in [0.2, 0.25) is 5.22 Å². The van der Waals surface area contributed by atoms with Crippen LogP contribution >= 0.6 is 11.6 Å². The number of carbonyl (C=O) groups is 1. The Balaban J connectivity index is 1.68. The van der Waals surface area contributed by atoms with Gasteiger partial charge in [-0.3, -0.25) is 9.48 Å². The molecule has 3 rings (SSSR count). The van der Waals surface area contributed by atoms with Gasteiger partial charge in [-0.2, -0.15) is 5.10 Å². The number of amides is 1. The molecule has 0 spiro atoms. The van der Waals surface area contributed by atoms with Crippen molar-refractivity contribution in [2.45, 2.75) is 39.2 Å². The van der Waals surface area contributed by atoms with Crippen LogP contribution in [0.25, 0.3) is 0 Å². The highest BCUT2D eigenvalue weighted by Crippen LogP contribution is 2.24. The van der Waals surface area contributed by atoms with Crippen molar-refractivity contribution in [2.24, 2.45) is 0 Å². The molecular formula is C15H19ClN4O2. The molecular weight excluding hydrogens is 304 g/mol. The Morgan fingerprint density at radius 2 is 2.32 bits per heavy atom. The van der Waals surface area contributed by atoms with Crippen LogP contribution in [0.3, 0.4) is 0 Å². The van der Waals surface area contributed by atoms with E-state index in [2.05, 4.69) is 10.3 Å². The first kappa shape index (κ1) is 15.1. The number of rotatable bonds is 3. The van der Waals surface area contributed by atoms with Gasteiger partial charge in [0.1, 0.15) is 0 Å². The average Bonchev–Trinajstić information content (AvgIpc) is 3.08. The summed E-state index contributed by atoms with van der Waals surface area (Å²) in [6, 6.07) is 0.241. The molecule has 0 aromatic carbocycles. The van der Waals surface area contributed by atoms with Gasteiger partial charge in [0, 0.05) is 24.8 Å². The van der Waals surface area contributed by atoms with Gasteiger partial charge in [0.2, 0.25) is 11.1 Å². The first-order chi connectivity index (χ1) is 10.5. The molecule has 0 aliphatic carbocycles. The first-order valence-corrected chi connectivity index (χ1v) is 7.81. The number of likely N-dealkylation sites (tertiary alicyclic amines) is 1. The van der Waals surface area contributed by atoms with E-state index in [-0.39, 0.29) is 23.6 Å². The summed E-state index contributed by atoms with van der Waals surface area (Å²) in [6.45, 7) is 5.27. The van der Waals surface area contributed by atoms with Crippen molar-refractivity contribution in [1.82, 2.24) is 19.8 Å². The Morgan fingerprint density at radius 3 is 2.95 bits per heavy atom. The maximum atomic E-state index is 12.5. The molecule has 1 saturated heterocycles. The van der Waals surface area contributed by atoms with Gasteiger partial charge < -0.3 is 9.42 Å². The molecule has 3 heterocycles. The molecule has 0 radical (unpaired) electrons. The summed E-state index contributed by atoms with van der Waals surface area (Å²) in [5.41, 5.74) is 2.49. The number of nitrogens with zero attached hydrogens (tertiary/aromatic N) is 4. The molecule has 6 nitrogen and oxygen atoms in total. The fourth-order valence-corrected chi connectivity index (χ4v) is 3.09. The Labute approximate surface area is 134 Å². The van der Waals surface area contributed by atoms with Crippen LogP contribution in [-0.2, 0) is 11.2 Å². The second-order valence-corrected chi connectivity index (χ2v) is 6.17. The number of halogens is 1. The summed E-state index contributed by atoms with van der Waals surface area (Å²) in [6.07, 6.45) is 6.13. The van der Waals surface area contributed by atoms with Crippen molar-refractivity contribution < 1.29 is 9.32 Å². The molecule has 2 aromatic heterocycles. The second kappa shape index (κ2) is 6.12. The van der Waals surface area contributed by atoms with Gasteiger partial charge in [-0.25, -0.2) is 0 Å². The molecule has 0 bridgehead atoms. The summed E-state index contributed by atoms with van der Waals surface area (Å²) in [7, 11) is 0. The van der Waals surface area contributed by atoms with E-state index in [0.29, 0.717) is 17.8 Å². The van der Waals surface area contributed by atoms with E-state index >= 15 is 0 Å². The smallest absolute Gasteiger partial charge is 0.229 e. The molecule has 2 aromatic rings. The second-order valence-electron chi connectivity index (χ2n) is 5.83. The number of aryl methyl sites for hydroxylation is 2. The molecule has 1 amide bonds.